The Morgan fingerprint density at radius 3 is 2.39 bits per heavy atom. The molecule has 0 heterocycles. The summed E-state index contributed by atoms with van der Waals surface area (Å²) >= 11 is 0. The summed E-state index contributed by atoms with van der Waals surface area (Å²) in [4.78, 5) is 23.7. The van der Waals surface area contributed by atoms with Crippen molar-refractivity contribution in [3.05, 3.63) is 59.7 Å². The van der Waals surface area contributed by atoms with E-state index in [-0.39, 0.29) is 6.61 Å². The van der Waals surface area contributed by atoms with E-state index in [1.165, 1.54) is 0 Å². The van der Waals surface area contributed by atoms with E-state index in [2.05, 4.69) is 5.32 Å². The summed E-state index contributed by atoms with van der Waals surface area (Å²) in [5.74, 6) is -0.169. The van der Waals surface area contributed by atoms with Gasteiger partial charge < -0.3 is 14.8 Å². The Bertz CT molecular complexity index is 680. The first-order valence-electron chi connectivity index (χ1n) is 7.35. The maximum Gasteiger partial charge on any atom is 0.338 e. The molecule has 2 rings (SSSR count). The zero-order valence-electron chi connectivity index (χ0n) is 13.2. The van der Waals surface area contributed by atoms with Crippen LogP contribution in [-0.2, 0) is 9.53 Å². The third-order valence-corrected chi connectivity index (χ3v) is 3.15. The Kier molecular flexibility index (Phi) is 5.74. The summed E-state index contributed by atoms with van der Waals surface area (Å²) < 4.78 is 10.4. The van der Waals surface area contributed by atoms with E-state index in [1.54, 1.807) is 36.4 Å². The number of hydrogen-bond donors (Lipinski definition) is 1. The molecule has 5 nitrogen and oxygen atoms in total. The Morgan fingerprint density at radius 1 is 1.04 bits per heavy atom. The van der Waals surface area contributed by atoms with E-state index < -0.39 is 11.9 Å². The molecule has 2 aromatic rings. The van der Waals surface area contributed by atoms with Crippen LogP contribution in [0.4, 0.5) is 5.69 Å². The van der Waals surface area contributed by atoms with E-state index in [1.807, 2.05) is 26.0 Å². The van der Waals surface area contributed by atoms with Crippen LogP contribution >= 0.6 is 0 Å². The molecule has 0 aliphatic carbocycles. The van der Waals surface area contributed by atoms with E-state index in [0.29, 0.717) is 17.9 Å². The SMILES string of the molecule is CCOc1ccc(NC(=O)COC(=O)c2ccccc2C)cc1. The number of hydrogen-bond acceptors (Lipinski definition) is 4. The molecule has 0 bridgehead atoms. The molecule has 120 valence electrons. The molecule has 0 saturated carbocycles. The molecule has 2 aromatic carbocycles. The Balaban J connectivity index is 1.85. The van der Waals surface area contributed by atoms with E-state index >= 15 is 0 Å². The van der Waals surface area contributed by atoms with Crippen LogP contribution in [0.1, 0.15) is 22.8 Å². The number of carbonyl (C=O) groups is 2. The lowest BCUT2D eigenvalue weighted by Gasteiger charge is -2.09. The van der Waals surface area contributed by atoms with Crippen LogP contribution in [0.2, 0.25) is 0 Å². The number of carbonyl (C=O) groups excluding carboxylic acids is 2. The molecule has 1 N–H and O–H groups in total. The number of ether oxygens (including phenoxy) is 2. The summed E-state index contributed by atoms with van der Waals surface area (Å²) in [7, 11) is 0. The molecule has 0 spiro atoms. The second kappa shape index (κ2) is 7.98. The monoisotopic (exact) mass is 313 g/mol. The largest absolute Gasteiger partial charge is 0.494 e. The highest BCUT2D eigenvalue weighted by Crippen LogP contribution is 2.15. The number of rotatable bonds is 6. The van der Waals surface area contributed by atoms with Crippen LogP contribution in [0.15, 0.2) is 48.5 Å². The van der Waals surface area contributed by atoms with Gasteiger partial charge in [0.15, 0.2) is 6.61 Å². The lowest BCUT2D eigenvalue weighted by atomic mass is 10.1. The van der Waals surface area contributed by atoms with Gasteiger partial charge in [-0.1, -0.05) is 18.2 Å². The predicted molar refractivity (Wildman–Crippen MR) is 87.7 cm³/mol. The molecule has 1 amide bonds. The minimum atomic E-state index is -0.509. The Morgan fingerprint density at radius 2 is 1.74 bits per heavy atom. The van der Waals surface area contributed by atoms with Gasteiger partial charge in [-0.15, -0.1) is 0 Å². The fourth-order valence-corrected chi connectivity index (χ4v) is 2.01. The normalized spacial score (nSPS) is 10.0. The van der Waals surface area contributed by atoms with Crippen LogP contribution in [0.5, 0.6) is 5.75 Å². The predicted octanol–water partition coefficient (Wildman–Crippen LogP) is 3.19. The third kappa shape index (κ3) is 4.85. The second-order valence-electron chi connectivity index (χ2n) is 4.90. The summed E-state index contributed by atoms with van der Waals surface area (Å²) in [6.45, 7) is 3.97. The lowest BCUT2D eigenvalue weighted by molar-refractivity contribution is -0.119. The zero-order chi connectivity index (χ0) is 16.7. The van der Waals surface area contributed by atoms with Crippen molar-refractivity contribution in [3.63, 3.8) is 0 Å². The van der Waals surface area contributed by atoms with Crippen molar-refractivity contribution in [1.29, 1.82) is 0 Å². The van der Waals surface area contributed by atoms with Gasteiger partial charge in [0.25, 0.3) is 5.91 Å². The van der Waals surface area contributed by atoms with Crippen LogP contribution in [0.25, 0.3) is 0 Å². The van der Waals surface area contributed by atoms with Gasteiger partial charge in [-0.3, -0.25) is 4.79 Å². The number of anilines is 1. The highest BCUT2D eigenvalue weighted by Gasteiger charge is 2.12. The number of benzene rings is 2. The van der Waals surface area contributed by atoms with Gasteiger partial charge in [0.2, 0.25) is 0 Å². The van der Waals surface area contributed by atoms with Crippen molar-refractivity contribution in [2.75, 3.05) is 18.5 Å². The van der Waals surface area contributed by atoms with Crippen molar-refractivity contribution >= 4 is 17.6 Å². The molecule has 5 heteroatoms. The topological polar surface area (TPSA) is 64.6 Å². The second-order valence-corrected chi connectivity index (χ2v) is 4.90. The van der Waals surface area contributed by atoms with Crippen LogP contribution in [-0.4, -0.2) is 25.1 Å². The molecule has 0 unspecified atom stereocenters. The Labute approximate surface area is 135 Å². The van der Waals surface area contributed by atoms with Crippen LogP contribution < -0.4 is 10.1 Å². The molecule has 0 saturated heterocycles. The zero-order valence-corrected chi connectivity index (χ0v) is 13.2. The first-order chi connectivity index (χ1) is 11.1. The summed E-state index contributed by atoms with van der Waals surface area (Å²) in [5, 5.41) is 2.66. The van der Waals surface area contributed by atoms with Crippen molar-refractivity contribution in [2.24, 2.45) is 0 Å². The van der Waals surface area contributed by atoms with E-state index in [0.717, 1.165) is 11.3 Å². The standard InChI is InChI=1S/C18H19NO4/c1-3-22-15-10-8-14(9-11-15)19-17(20)12-23-18(21)16-7-5-4-6-13(16)2/h4-11H,3,12H2,1-2H3,(H,19,20). The van der Waals surface area contributed by atoms with Gasteiger partial charge in [0.1, 0.15) is 5.75 Å². The molecule has 0 aliphatic rings. The van der Waals surface area contributed by atoms with Crippen molar-refractivity contribution < 1.29 is 19.1 Å². The first-order valence-corrected chi connectivity index (χ1v) is 7.35. The lowest BCUT2D eigenvalue weighted by Crippen LogP contribution is -2.21. The maximum atomic E-state index is 11.9. The van der Waals surface area contributed by atoms with Crippen LogP contribution in [0, 0.1) is 6.92 Å². The molecule has 0 aromatic heterocycles. The molecule has 23 heavy (non-hydrogen) atoms. The quantitative estimate of drug-likeness (QED) is 0.832. The molecule has 0 radical (unpaired) electrons. The van der Waals surface area contributed by atoms with Gasteiger partial charge in [-0.2, -0.15) is 0 Å². The fraction of sp³-hybridized carbons (Fsp3) is 0.222. The number of nitrogens with one attached hydrogen (secondary N) is 1. The summed E-state index contributed by atoms with van der Waals surface area (Å²) in [6.07, 6.45) is 0. The maximum absolute atomic E-state index is 11.9. The van der Waals surface area contributed by atoms with Gasteiger partial charge in [0, 0.05) is 5.69 Å². The first kappa shape index (κ1) is 16.5. The van der Waals surface area contributed by atoms with Crippen molar-refractivity contribution in [2.45, 2.75) is 13.8 Å². The van der Waals surface area contributed by atoms with Gasteiger partial charge in [0.05, 0.1) is 12.2 Å². The summed E-state index contributed by atoms with van der Waals surface area (Å²) in [6, 6.07) is 14.1. The average Bonchev–Trinajstić information content (AvgIpc) is 2.55. The minimum Gasteiger partial charge on any atom is -0.494 e. The molecular formula is C18H19NO4. The van der Waals surface area contributed by atoms with E-state index in [4.69, 9.17) is 9.47 Å². The number of amides is 1. The van der Waals surface area contributed by atoms with Gasteiger partial charge in [-0.25, -0.2) is 4.79 Å². The van der Waals surface area contributed by atoms with Crippen molar-refractivity contribution in [1.82, 2.24) is 0 Å². The fourth-order valence-electron chi connectivity index (χ4n) is 2.01. The summed E-state index contributed by atoms with van der Waals surface area (Å²) in [5.41, 5.74) is 1.89. The van der Waals surface area contributed by atoms with E-state index in [9.17, 15) is 9.59 Å². The van der Waals surface area contributed by atoms with Crippen LogP contribution in [0.3, 0.4) is 0 Å². The highest BCUT2D eigenvalue weighted by molar-refractivity contribution is 5.96. The molecule has 0 aliphatic heterocycles. The molecular weight excluding hydrogens is 294 g/mol. The number of aryl methyl sites for hydroxylation is 1. The van der Waals surface area contributed by atoms with Crippen molar-refractivity contribution in [3.8, 4) is 5.75 Å². The average molecular weight is 313 g/mol. The minimum absolute atomic E-state index is 0.333. The molecule has 0 atom stereocenters. The molecule has 0 fully saturated rings. The number of esters is 1. The Hall–Kier alpha value is -2.82. The third-order valence-electron chi connectivity index (χ3n) is 3.15. The van der Waals surface area contributed by atoms with Gasteiger partial charge >= 0.3 is 5.97 Å². The van der Waals surface area contributed by atoms with Gasteiger partial charge in [-0.05, 0) is 49.7 Å². The smallest absolute Gasteiger partial charge is 0.338 e. The highest BCUT2D eigenvalue weighted by atomic mass is 16.5.